The van der Waals surface area contributed by atoms with Crippen LogP contribution in [-0.4, -0.2) is 29.9 Å². The summed E-state index contributed by atoms with van der Waals surface area (Å²) < 4.78 is 1.06. The first-order valence-corrected chi connectivity index (χ1v) is 6.11. The Morgan fingerprint density at radius 3 is 3.00 bits per heavy atom. The molecule has 0 saturated heterocycles. The van der Waals surface area contributed by atoms with Crippen LogP contribution in [0.2, 0.25) is 0 Å². The Morgan fingerprint density at radius 1 is 1.41 bits per heavy atom. The number of benzene rings is 1. The summed E-state index contributed by atoms with van der Waals surface area (Å²) in [6.45, 7) is 0. The van der Waals surface area contributed by atoms with Gasteiger partial charge in [0.25, 0.3) is 5.91 Å². The van der Waals surface area contributed by atoms with Crippen LogP contribution in [0.25, 0.3) is 15.8 Å². The molecule has 0 unspecified atom stereocenters. The van der Waals surface area contributed by atoms with Gasteiger partial charge in [-0.05, 0) is 12.1 Å². The van der Waals surface area contributed by atoms with E-state index in [1.165, 1.54) is 0 Å². The Hall–Kier alpha value is -1.88. The number of fused-ring (bicyclic) bond motifs is 3. The number of hydrogen-bond acceptors (Lipinski definition) is 4. The van der Waals surface area contributed by atoms with E-state index in [9.17, 15) is 4.79 Å². The van der Waals surface area contributed by atoms with Crippen LogP contribution in [0, 0.1) is 0 Å². The van der Waals surface area contributed by atoms with Crippen molar-refractivity contribution < 1.29 is 4.79 Å². The third-order valence-corrected chi connectivity index (χ3v) is 3.51. The average molecular weight is 245 g/mol. The third-order valence-electron chi connectivity index (χ3n) is 2.65. The van der Waals surface area contributed by atoms with Crippen LogP contribution in [0.3, 0.4) is 0 Å². The van der Waals surface area contributed by atoms with Gasteiger partial charge in [0.2, 0.25) is 0 Å². The van der Waals surface area contributed by atoms with E-state index in [2.05, 4.69) is 10.3 Å². The van der Waals surface area contributed by atoms with Gasteiger partial charge in [-0.3, -0.25) is 4.79 Å². The van der Waals surface area contributed by atoms with Gasteiger partial charge in [0, 0.05) is 25.9 Å². The zero-order valence-corrected chi connectivity index (χ0v) is 10.3. The topological polar surface area (TPSA) is 45.2 Å². The number of aromatic nitrogens is 1. The molecular formula is C12H11N3OS. The molecule has 86 valence electrons. The van der Waals surface area contributed by atoms with Gasteiger partial charge in [-0.2, -0.15) is 0 Å². The first-order chi connectivity index (χ1) is 8.16. The largest absolute Gasteiger partial charge is 0.383 e. The van der Waals surface area contributed by atoms with Gasteiger partial charge >= 0.3 is 0 Å². The van der Waals surface area contributed by atoms with Crippen LogP contribution in [0.15, 0.2) is 23.8 Å². The maximum absolute atomic E-state index is 11.9. The van der Waals surface area contributed by atoms with Crippen LogP contribution in [0.5, 0.6) is 0 Å². The van der Waals surface area contributed by atoms with Crippen molar-refractivity contribution in [1.29, 1.82) is 0 Å². The van der Waals surface area contributed by atoms with E-state index < -0.39 is 0 Å². The molecule has 1 aliphatic rings. The SMILES string of the molecule is CN(C)/C=C1\C(=O)Nc2ccc3ncsc3c21. The fourth-order valence-corrected chi connectivity index (χ4v) is 2.84. The summed E-state index contributed by atoms with van der Waals surface area (Å²) in [5, 5.41) is 2.88. The van der Waals surface area contributed by atoms with Crippen molar-refractivity contribution in [3.05, 3.63) is 29.4 Å². The van der Waals surface area contributed by atoms with Gasteiger partial charge in [0.05, 0.1) is 27.0 Å². The molecule has 1 aromatic carbocycles. The summed E-state index contributed by atoms with van der Waals surface area (Å²) in [7, 11) is 3.82. The molecule has 0 fully saturated rings. The van der Waals surface area contributed by atoms with Crippen LogP contribution >= 0.6 is 11.3 Å². The lowest BCUT2D eigenvalue weighted by atomic mass is 10.1. The highest BCUT2D eigenvalue weighted by molar-refractivity contribution is 7.17. The molecule has 1 aliphatic heterocycles. The minimum Gasteiger partial charge on any atom is -0.383 e. The van der Waals surface area contributed by atoms with Gasteiger partial charge in [-0.25, -0.2) is 4.98 Å². The van der Waals surface area contributed by atoms with E-state index in [1.54, 1.807) is 16.8 Å². The summed E-state index contributed by atoms with van der Waals surface area (Å²) in [5.74, 6) is -0.0467. The molecule has 3 rings (SSSR count). The number of hydrogen-bond donors (Lipinski definition) is 1. The lowest BCUT2D eigenvalue weighted by Gasteiger charge is -2.06. The zero-order chi connectivity index (χ0) is 12.0. The molecule has 0 atom stereocenters. The van der Waals surface area contributed by atoms with Crippen molar-refractivity contribution in [1.82, 2.24) is 9.88 Å². The normalized spacial score (nSPS) is 16.4. The minimum absolute atomic E-state index is 0.0467. The summed E-state index contributed by atoms with van der Waals surface area (Å²) >= 11 is 1.56. The molecule has 0 radical (unpaired) electrons. The Kier molecular flexibility index (Phi) is 2.16. The molecule has 4 nitrogen and oxygen atoms in total. The van der Waals surface area contributed by atoms with Crippen molar-refractivity contribution in [3.63, 3.8) is 0 Å². The number of nitrogens with zero attached hydrogens (tertiary/aromatic N) is 2. The molecule has 0 aliphatic carbocycles. The molecule has 5 heteroatoms. The molecule has 2 aromatic rings. The van der Waals surface area contributed by atoms with Crippen LogP contribution in [-0.2, 0) is 4.79 Å². The summed E-state index contributed by atoms with van der Waals surface area (Å²) in [6, 6.07) is 3.84. The van der Waals surface area contributed by atoms with Gasteiger partial charge in [0.15, 0.2) is 0 Å². The molecular weight excluding hydrogens is 234 g/mol. The smallest absolute Gasteiger partial charge is 0.257 e. The molecule has 0 bridgehead atoms. The highest BCUT2D eigenvalue weighted by Crippen LogP contribution is 2.39. The van der Waals surface area contributed by atoms with Gasteiger partial charge < -0.3 is 10.2 Å². The Morgan fingerprint density at radius 2 is 2.24 bits per heavy atom. The van der Waals surface area contributed by atoms with Gasteiger partial charge in [-0.1, -0.05) is 0 Å². The Balaban J connectivity index is 2.31. The Labute approximate surface area is 103 Å². The van der Waals surface area contributed by atoms with E-state index in [0.29, 0.717) is 5.57 Å². The quantitative estimate of drug-likeness (QED) is 0.783. The molecule has 2 heterocycles. The second-order valence-electron chi connectivity index (χ2n) is 4.15. The third kappa shape index (κ3) is 1.51. The molecule has 0 spiro atoms. The fraction of sp³-hybridized carbons (Fsp3) is 0.167. The maximum Gasteiger partial charge on any atom is 0.257 e. The number of nitrogens with one attached hydrogen (secondary N) is 1. The number of carbonyl (C=O) groups is 1. The predicted octanol–water partition coefficient (Wildman–Crippen LogP) is 2.15. The van der Waals surface area contributed by atoms with E-state index in [0.717, 1.165) is 21.5 Å². The molecule has 1 amide bonds. The maximum atomic E-state index is 11.9. The standard InChI is InChI=1S/C12H11N3OS/c1-15(2)5-7-10-8(14-12(7)16)3-4-9-11(10)17-6-13-9/h3-6H,1-2H3,(H,14,16)/b7-5-. The van der Waals surface area contributed by atoms with Crippen LogP contribution in [0.1, 0.15) is 5.56 Å². The lowest BCUT2D eigenvalue weighted by molar-refractivity contribution is -0.110. The van der Waals surface area contributed by atoms with E-state index in [-0.39, 0.29) is 5.91 Å². The number of anilines is 1. The van der Waals surface area contributed by atoms with Gasteiger partial charge in [0.1, 0.15) is 0 Å². The van der Waals surface area contributed by atoms with Crippen LogP contribution < -0.4 is 5.32 Å². The van der Waals surface area contributed by atoms with Gasteiger partial charge in [-0.15, -0.1) is 11.3 Å². The molecule has 0 saturated carbocycles. The predicted molar refractivity (Wildman–Crippen MR) is 69.9 cm³/mol. The van der Waals surface area contributed by atoms with Crippen molar-refractivity contribution >= 4 is 38.7 Å². The van der Waals surface area contributed by atoms with Crippen molar-refractivity contribution in [2.24, 2.45) is 0 Å². The van der Waals surface area contributed by atoms with E-state index >= 15 is 0 Å². The first-order valence-electron chi connectivity index (χ1n) is 5.23. The van der Waals surface area contributed by atoms with Crippen molar-refractivity contribution in [2.75, 3.05) is 19.4 Å². The molecule has 17 heavy (non-hydrogen) atoms. The summed E-state index contributed by atoms with van der Waals surface area (Å²) in [6.07, 6.45) is 1.85. The second kappa shape index (κ2) is 3.56. The fourth-order valence-electron chi connectivity index (χ4n) is 1.98. The zero-order valence-electron chi connectivity index (χ0n) is 9.52. The van der Waals surface area contributed by atoms with E-state index in [1.807, 2.05) is 37.3 Å². The lowest BCUT2D eigenvalue weighted by Crippen LogP contribution is -2.08. The molecule has 1 aromatic heterocycles. The number of thiazole rings is 1. The first kappa shape index (κ1) is 10.3. The summed E-state index contributed by atoms with van der Waals surface area (Å²) in [5.41, 5.74) is 5.31. The highest BCUT2D eigenvalue weighted by atomic mass is 32.1. The summed E-state index contributed by atoms with van der Waals surface area (Å²) in [4.78, 5) is 18.1. The number of amides is 1. The van der Waals surface area contributed by atoms with Crippen molar-refractivity contribution in [3.8, 4) is 0 Å². The average Bonchev–Trinajstić information content (AvgIpc) is 2.83. The number of rotatable bonds is 1. The van der Waals surface area contributed by atoms with Crippen molar-refractivity contribution in [2.45, 2.75) is 0 Å². The Bertz CT molecular complexity index is 642. The monoisotopic (exact) mass is 245 g/mol. The van der Waals surface area contributed by atoms with E-state index in [4.69, 9.17) is 0 Å². The molecule has 1 N–H and O–H groups in total. The van der Waals surface area contributed by atoms with Crippen LogP contribution in [0.4, 0.5) is 5.69 Å². The second-order valence-corrected chi connectivity index (χ2v) is 5.00. The minimum atomic E-state index is -0.0467. The highest BCUT2D eigenvalue weighted by Gasteiger charge is 2.27. The number of carbonyl (C=O) groups excluding carboxylic acids is 1.